The van der Waals surface area contributed by atoms with Gasteiger partial charge in [0.2, 0.25) is 11.8 Å². The maximum Gasteiger partial charge on any atom is 0.249 e. The summed E-state index contributed by atoms with van der Waals surface area (Å²) in [4.78, 5) is 25.2. The first-order valence-corrected chi connectivity index (χ1v) is 8.39. The van der Waals surface area contributed by atoms with Crippen LogP contribution in [-0.4, -0.2) is 35.9 Å². The molecule has 0 aromatic carbocycles. The van der Waals surface area contributed by atoms with Crippen LogP contribution in [0.4, 0.5) is 0 Å². The molecule has 2 fully saturated rings. The van der Waals surface area contributed by atoms with Crippen LogP contribution in [-0.2, 0) is 14.3 Å². The Hall–Kier alpha value is -1.78. The standard InChI is InChI=1S/C13H16N2O3.2C2H6/c16-12-6-5-10(13(17)14-12)15-7-8-18-11-4-2-1-3-9(11)15;2*1-2/h3-4,10H,1-2,5-8H2,(H,14,16,17);2*1-2H3. The number of hydrogen-bond acceptors (Lipinski definition) is 4. The first kappa shape index (κ1) is 18.3. The second kappa shape index (κ2) is 9.28. The van der Waals surface area contributed by atoms with E-state index in [9.17, 15) is 9.59 Å². The molecule has 1 N–H and O–H groups in total. The second-order valence-corrected chi connectivity index (χ2v) is 4.74. The molecule has 0 radical (unpaired) electrons. The fourth-order valence-corrected chi connectivity index (χ4v) is 2.71. The Balaban J connectivity index is 0.000000561. The molecule has 1 aliphatic carbocycles. The van der Waals surface area contributed by atoms with Crippen molar-refractivity contribution >= 4 is 11.8 Å². The van der Waals surface area contributed by atoms with Crippen molar-refractivity contribution in [3.63, 3.8) is 0 Å². The van der Waals surface area contributed by atoms with E-state index in [0.29, 0.717) is 26.0 Å². The summed E-state index contributed by atoms with van der Waals surface area (Å²) < 4.78 is 5.61. The van der Waals surface area contributed by atoms with Gasteiger partial charge in [-0.1, -0.05) is 33.8 Å². The molecule has 1 unspecified atom stereocenters. The lowest BCUT2D eigenvalue weighted by molar-refractivity contribution is -0.137. The maximum atomic E-state index is 11.9. The first-order chi connectivity index (χ1) is 10.8. The molecule has 2 heterocycles. The average Bonchev–Trinajstić information content (AvgIpc) is 2.58. The molecule has 5 heteroatoms. The van der Waals surface area contributed by atoms with Gasteiger partial charge in [0.1, 0.15) is 18.4 Å². The Kier molecular flexibility index (Phi) is 7.71. The van der Waals surface area contributed by atoms with Crippen molar-refractivity contribution < 1.29 is 14.3 Å². The summed E-state index contributed by atoms with van der Waals surface area (Å²) in [7, 11) is 0. The molecule has 0 spiro atoms. The van der Waals surface area contributed by atoms with E-state index in [-0.39, 0.29) is 17.9 Å². The molecule has 22 heavy (non-hydrogen) atoms. The zero-order chi connectivity index (χ0) is 16.5. The number of fused-ring (bicyclic) bond motifs is 1. The van der Waals surface area contributed by atoms with Crippen LogP contribution in [0.2, 0.25) is 0 Å². The van der Waals surface area contributed by atoms with Crippen molar-refractivity contribution in [2.24, 2.45) is 0 Å². The molecule has 0 bridgehead atoms. The van der Waals surface area contributed by atoms with Gasteiger partial charge in [-0.05, 0) is 25.3 Å². The van der Waals surface area contributed by atoms with Crippen molar-refractivity contribution in [3.8, 4) is 0 Å². The van der Waals surface area contributed by atoms with Gasteiger partial charge >= 0.3 is 0 Å². The minimum absolute atomic E-state index is 0.169. The summed E-state index contributed by atoms with van der Waals surface area (Å²) in [6.07, 6.45) is 7.18. The SMILES string of the molecule is CC.CC.O=C1CCC(N2CCOC3=CCCC=C32)C(=O)N1. The van der Waals surface area contributed by atoms with Crippen molar-refractivity contribution in [2.45, 2.75) is 59.4 Å². The second-order valence-electron chi connectivity index (χ2n) is 4.74. The van der Waals surface area contributed by atoms with Gasteiger partial charge < -0.3 is 9.64 Å². The lowest BCUT2D eigenvalue weighted by Crippen LogP contribution is -2.54. The quantitative estimate of drug-likeness (QED) is 0.757. The summed E-state index contributed by atoms with van der Waals surface area (Å²) in [5.41, 5.74) is 1.02. The van der Waals surface area contributed by atoms with E-state index >= 15 is 0 Å². The topological polar surface area (TPSA) is 58.6 Å². The third-order valence-corrected chi connectivity index (χ3v) is 3.57. The predicted octanol–water partition coefficient (Wildman–Crippen LogP) is 2.74. The Morgan fingerprint density at radius 3 is 2.50 bits per heavy atom. The minimum atomic E-state index is -0.237. The van der Waals surface area contributed by atoms with E-state index < -0.39 is 0 Å². The van der Waals surface area contributed by atoms with Gasteiger partial charge in [0.15, 0.2) is 0 Å². The first-order valence-electron chi connectivity index (χ1n) is 8.39. The summed E-state index contributed by atoms with van der Waals surface area (Å²) in [6.45, 7) is 9.30. The van der Waals surface area contributed by atoms with E-state index in [2.05, 4.69) is 22.4 Å². The van der Waals surface area contributed by atoms with E-state index in [1.807, 2.05) is 27.7 Å². The third-order valence-electron chi connectivity index (χ3n) is 3.57. The number of carbonyl (C=O) groups excluding carboxylic acids is 2. The fourth-order valence-electron chi connectivity index (χ4n) is 2.71. The number of carbonyl (C=O) groups is 2. The molecule has 2 aliphatic heterocycles. The van der Waals surface area contributed by atoms with Gasteiger partial charge in [0, 0.05) is 6.42 Å². The molecular formula is C17H28N2O3. The number of hydrogen-bond donors (Lipinski definition) is 1. The monoisotopic (exact) mass is 308 g/mol. The Morgan fingerprint density at radius 1 is 1.14 bits per heavy atom. The van der Waals surface area contributed by atoms with Crippen LogP contribution in [0.15, 0.2) is 23.6 Å². The Morgan fingerprint density at radius 2 is 1.82 bits per heavy atom. The summed E-state index contributed by atoms with van der Waals surface area (Å²) >= 11 is 0. The van der Waals surface area contributed by atoms with Crippen LogP contribution >= 0.6 is 0 Å². The summed E-state index contributed by atoms with van der Waals surface area (Å²) in [5.74, 6) is 0.536. The minimum Gasteiger partial charge on any atom is -0.490 e. The lowest BCUT2D eigenvalue weighted by atomic mass is 10.0. The van der Waals surface area contributed by atoms with Gasteiger partial charge in [-0.2, -0.15) is 0 Å². The molecule has 0 aromatic heterocycles. The highest BCUT2D eigenvalue weighted by molar-refractivity contribution is 6.00. The number of amides is 2. The molecule has 3 aliphatic rings. The van der Waals surface area contributed by atoms with Crippen LogP contribution in [0.3, 0.4) is 0 Å². The van der Waals surface area contributed by atoms with Crippen LogP contribution in [0.25, 0.3) is 0 Å². The normalized spacial score (nSPS) is 23.3. The van der Waals surface area contributed by atoms with Gasteiger partial charge in [-0.15, -0.1) is 0 Å². The van der Waals surface area contributed by atoms with E-state index in [1.54, 1.807) is 0 Å². The van der Waals surface area contributed by atoms with Crippen molar-refractivity contribution in [1.29, 1.82) is 0 Å². The van der Waals surface area contributed by atoms with Gasteiger partial charge in [0.05, 0.1) is 12.2 Å². The Bertz CT molecular complexity index is 455. The maximum absolute atomic E-state index is 11.9. The van der Waals surface area contributed by atoms with Crippen molar-refractivity contribution in [1.82, 2.24) is 10.2 Å². The van der Waals surface area contributed by atoms with Gasteiger partial charge in [-0.3, -0.25) is 14.9 Å². The highest BCUT2D eigenvalue weighted by Crippen LogP contribution is 2.30. The molecular weight excluding hydrogens is 280 g/mol. The predicted molar refractivity (Wildman–Crippen MR) is 86.9 cm³/mol. The molecule has 124 valence electrons. The van der Waals surface area contributed by atoms with Crippen LogP contribution in [0.5, 0.6) is 0 Å². The largest absolute Gasteiger partial charge is 0.490 e. The number of allylic oxidation sites excluding steroid dienone is 2. The van der Waals surface area contributed by atoms with Gasteiger partial charge in [0.25, 0.3) is 0 Å². The van der Waals surface area contributed by atoms with Crippen molar-refractivity contribution in [3.05, 3.63) is 23.6 Å². The van der Waals surface area contributed by atoms with E-state index in [4.69, 9.17) is 4.74 Å². The zero-order valence-electron chi connectivity index (χ0n) is 14.1. The van der Waals surface area contributed by atoms with Crippen molar-refractivity contribution in [2.75, 3.05) is 13.2 Å². The molecule has 5 nitrogen and oxygen atoms in total. The van der Waals surface area contributed by atoms with Gasteiger partial charge in [-0.25, -0.2) is 0 Å². The molecule has 1 atom stereocenters. The van der Waals surface area contributed by atoms with E-state index in [0.717, 1.165) is 24.3 Å². The summed E-state index contributed by atoms with van der Waals surface area (Å²) in [5, 5.41) is 2.42. The molecule has 0 saturated carbocycles. The zero-order valence-corrected chi connectivity index (χ0v) is 14.1. The molecule has 2 amide bonds. The Labute approximate surface area is 133 Å². The highest BCUT2D eigenvalue weighted by Gasteiger charge is 2.35. The molecule has 3 rings (SSSR count). The number of nitrogens with zero attached hydrogens (tertiary/aromatic N) is 1. The van der Waals surface area contributed by atoms with E-state index in [1.165, 1.54) is 0 Å². The molecule has 2 saturated heterocycles. The average molecular weight is 308 g/mol. The molecule has 0 aromatic rings. The van der Waals surface area contributed by atoms with Crippen LogP contribution in [0, 0.1) is 0 Å². The number of rotatable bonds is 1. The fraction of sp³-hybridized carbons (Fsp3) is 0.647. The number of piperidine rings is 1. The highest BCUT2D eigenvalue weighted by atomic mass is 16.5. The smallest absolute Gasteiger partial charge is 0.249 e. The third kappa shape index (κ3) is 4.12. The number of nitrogens with one attached hydrogen (secondary N) is 1. The van der Waals surface area contributed by atoms with Crippen LogP contribution < -0.4 is 5.32 Å². The number of imide groups is 1. The lowest BCUT2D eigenvalue weighted by Gasteiger charge is -2.40. The number of ether oxygens (including phenoxy) is 1. The van der Waals surface area contributed by atoms with Crippen LogP contribution in [0.1, 0.15) is 53.4 Å². The summed E-state index contributed by atoms with van der Waals surface area (Å²) in [6, 6.07) is -0.237. The number of morpholine rings is 1.